The Balaban J connectivity index is 2.26. The molecule has 0 radical (unpaired) electrons. The number of aryl methyl sites for hydroxylation is 1. The molecule has 0 aliphatic carbocycles. The van der Waals surface area contributed by atoms with Crippen LogP contribution in [-0.4, -0.2) is 36.2 Å². The van der Waals surface area contributed by atoms with Crippen LogP contribution in [0.5, 0.6) is 0 Å². The Labute approximate surface area is 119 Å². The number of benzene rings is 1. The van der Waals surface area contributed by atoms with Crippen LogP contribution in [0, 0.1) is 6.92 Å². The fourth-order valence-corrected chi connectivity index (χ4v) is 3.95. The standard InChI is InChI=1S/C15H22N2OS/c1-4-13-14(18)17(10-9-16-3)15(19-13)12-8-6-5-7-11(12)2/h5-8,13,15-16H,4,9-10H2,1-3H3/t13-,15+/m1/s1. The van der Waals surface area contributed by atoms with Gasteiger partial charge in [-0.2, -0.15) is 0 Å². The van der Waals surface area contributed by atoms with Crippen molar-refractivity contribution in [2.75, 3.05) is 20.1 Å². The summed E-state index contributed by atoms with van der Waals surface area (Å²) in [5.74, 6) is 0.288. The topological polar surface area (TPSA) is 32.3 Å². The number of carbonyl (C=O) groups excluding carboxylic acids is 1. The zero-order valence-corrected chi connectivity index (χ0v) is 12.7. The second-order valence-corrected chi connectivity index (χ2v) is 6.16. The van der Waals surface area contributed by atoms with Crippen LogP contribution >= 0.6 is 11.8 Å². The number of hydrogen-bond donors (Lipinski definition) is 1. The molecule has 0 unspecified atom stereocenters. The third kappa shape index (κ3) is 2.95. The lowest BCUT2D eigenvalue weighted by Crippen LogP contribution is -2.36. The first kappa shape index (κ1) is 14.4. The molecule has 0 saturated carbocycles. The molecule has 3 nitrogen and oxygen atoms in total. The fraction of sp³-hybridized carbons (Fsp3) is 0.533. The lowest BCUT2D eigenvalue weighted by Gasteiger charge is -2.25. The number of nitrogens with zero attached hydrogens (tertiary/aromatic N) is 1. The molecular formula is C15H22N2OS. The monoisotopic (exact) mass is 278 g/mol. The lowest BCUT2D eigenvalue weighted by molar-refractivity contribution is -0.130. The van der Waals surface area contributed by atoms with Crippen molar-refractivity contribution >= 4 is 17.7 Å². The average molecular weight is 278 g/mol. The van der Waals surface area contributed by atoms with Crippen molar-refractivity contribution in [3.8, 4) is 0 Å². The first-order valence-electron chi connectivity index (χ1n) is 6.85. The predicted octanol–water partition coefficient (Wildman–Crippen LogP) is 2.57. The van der Waals surface area contributed by atoms with Gasteiger partial charge in [-0.25, -0.2) is 0 Å². The predicted molar refractivity (Wildman–Crippen MR) is 81.2 cm³/mol. The summed E-state index contributed by atoms with van der Waals surface area (Å²) >= 11 is 1.79. The molecule has 1 aliphatic rings. The molecule has 0 bridgehead atoms. The van der Waals surface area contributed by atoms with E-state index in [-0.39, 0.29) is 16.5 Å². The number of amides is 1. The van der Waals surface area contributed by atoms with Gasteiger partial charge >= 0.3 is 0 Å². The number of nitrogens with one attached hydrogen (secondary N) is 1. The van der Waals surface area contributed by atoms with Gasteiger partial charge in [0.2, 0.25) is 5.91 Å². The molecule has 1 N–H and O–H groups in total. The van der Waals surface area contributed by atoms with Crippen LogP contribution in [0.4, 0.5) is 0 Å². The second-order valence-electron chi connectivity index (χ2n) is 4.88. The van der Waals surface area contributed by atoms with Gasteiger partial charge in [-0.05, 0) is 31.5 Å². The van der Waals surface area contributed by atoms with Crippen LogP contribution in [0.2, 0.25) is 0 Å². The van der Waals surface area contributed by atoms with Gasteiger partial charge in [-0.1, -0.05) is 31.2 Å². The zero-order valence-electron chi connectivity index (χ0n) is 11.8. The van der Waals surface area contributed by atoms with E-state index in [0.717, 1.165) is 19.5 Å². The molecule has 19 heavy (non-hydrogen) atoms. The molecular weight excluding hydrogens is 256 g/mol. The van der Waals surface area contributed by atoms with E-state index in [1.165, 1.54) is 11.1 Å². The summed E-state index contributed by atoms with van der Waals surface area (Å²) in [5.41, 5.74) is 2.53. The highest BCUT2D eigenvalue weighted by molar-refractivity contribution is 8.01. The SMILES string of the molecule is CC[C@H]1S[C@@H](c2ccccc2C)N(CCNC)C1=O. The van der Waals surface area contributed by atoms with Crippen molar-refractivity contribution in [2.45, 2.75) is 30.9 Å². The molecule has 1 fully saturated rings. The Morgan fingerprint density at radius 1 is 1.37 bits per heavy atom. The minimum absolute atomic E-state index is 0.112. The molecule has 1 amide bonds. The molecule has 1 aromatic rings. The summed E-state index contributed by atoms with van der Waals surface area (Å²) in [5, 5.41) is 3.42. The third-order valence-corrected chi connectivity index (χ3v) is 5.19. The van der Waals surface area contributed by atoms with E-state index in [0.29, 0.717) is 0 Å². The number of hydrogen-bond acceptors (Lipinski definition) is 3. The Morgan fingerprint density at radius 3 is 2.74 bits per heavy atom. The minimum atomic E-state index is 0.112. The Hall–Kier alpha value is -1.00. The van der Waals surface area contributed by atoms with Crippen molar-refractivity contribution < 1.29 is 4.79 Å². The highest BCUT2D eigenvalue weighted by Gasteiger charge is 2.39. The van der Waals surface area contributed by atoms with E-state index < -0.39 is 0 Å². The largest absolute Gasteiger partial charge is 0.324 e. The third-order valence-electron chi connectivity index (χ3n) is 3.56. The normalized spacial score (nSPS) is 23.1. The van der Waals surface area contributed by atoms with E-state index in [9.17, 15) is 4.79 Å². The van der Waals surface area contributed by atoms with Crippen LogP contribution in [0.1, 0.15) is 29.8 Å². The zero-order chi connectivity index (χ0) is 13.8. The van der Waals surface area contributed by atoms with Gasteiger partial charge in [0.05, 0.1) is 5.25 Å². The molecule has 1 aromatic carbocycles. The molecule has 0 aromatic heterocycles. The summed E-state index contributed by atoms with van der Waals surface area (Å²) in [6, 6.07) is 8.37. The van der Waals surface area contributed by atoms with E-state index in [1.54, 1.807) is 11.8 Å². The van der Waals surface area contributed by atoms with Crippen molar-refractivity contribution in [1.82, 2.24) is 10.2 Å². The first-order valence-corrected chi connectivity index (χ1v) is 7.79. The van der Waals surface area contributed by atoms with Gasteiger partial charge in [-0.15, -0.1) is 11.8 Å². The van der Waals surface area contributed by atoms with Gasteiger partial charge in [0.15, 0.2) is 0 Å². The van der Waals surface area contributed by atoms with Crippen LogP contribution in [-0.2, 0) is 4.79 Å². The van der Waals surface area contributed by atoms with Crippen LogP contribution < -0.4 is 5.32 Å². The van der Waals surface area contributed by atoms with Gasteiger partial charge in [-0.3, -0.25) is 4.79 Å². The summed E-state index contributed by atoms with van der Waals surface area (Å²) in [6.45, 7) is 5.82. The van der Waals surface area contributed by atoms with Gasteiger partial charge in [0, 0.05) is 13.1 Å². The summed E-state index contributed by atoms with van der Waals surface area (Å²) in [7, 11) is 1.92. The quantitative estimate of drug-likeness (QED) is 0.898. The Bertz CT molecular complexity index is 450. The Kier molecular flexibility index (Phi) is 4.88. The summed E-state index contributed by atoms with van der Waals surface area (Å²) in [4.78, 5) is 14.4. The smallest absolute Gasteiger partial charge is 0.236 e. The molecule has 2 rings (SSSR count). The number of carbonyl (C=O) groups is 1. The fourth-order valence-electron chi connectivity index (χ4n) is 2.42. The number of rotatable bonds is 5. The van der Waals surface area contributed by atoms with Crippen molar-refractivity contribution in [1.29, 1.82) is 0 Å². The maximum absolute atomic E-state index is 12.4. The molecule has 4 heteroatoms. The molecule has 1 heterocycles. The average Bonchev–Trinajstić information content (AvgIpc) is 2.73. The van der Waals surface area contributed by atoms with Crippen LogP contribution in [0.3, 0.4) is 0 Å². The molecule has 104 valence electrons. The van der Waals surface area contributed by atoms with E-state index in [4.69, 9.17) is 0 Å². The number of likely N-dealkylation sites (N-methyl/N-ethyl adjacent to an activating group) is 1. The van der Waals surface area contributed by atoms with Crippen molar-refractivity contribution in [3.63, 3.8) is 0 Å². The highest BCUT2D eigenvalue weighted by Crippen LogP contribution is 2.44. The number of thioether (sulfide) groups is 1. The Morgan fingerprint density at radius 2 is 2.11 bits per heavy atom. The second kappa shape index (κ2) is 6.44. The molecule has 1 aliphatic heterocycles. The van der Waals surface area contributed by atoms with Crippen molar-refractivity contribution in [2.24, 2.45) is 0 Å². The van der Waals surface area contributed by atoms with E-state index >= 15 is 0 Å². The summed E-state index contributed by atoms with van der Waals surface area (Å²) < 4.78 is 0. The highest BCUT2D eigenvalue weighted by atomic mass is 32.2. The first-order chi connectivity index (χ1) is 9.19. The molecule has 0 spiro atoms. The van der Waals surface area contributed by atoms with E-state index in [1.807, 2.05) is 11.9 Å². The molecule has 1 saturated heterocycles. The van der Waals surface area contributed by atoms with Gasteiger partial charge < -0.3 is 10.2 Å². The van der Waals surface area contributed by atoms with Gasteiger partial charge in [0.25, 0.3) is 0 Å². The van der Waals surface area contributed by atoms with Crippen molar-refractivity contribution in [3.05, 3.63) is 35.4 Å². The van der Waals surface area contributed by atoms with E-state index in [2.05, 4.69) is 43.4 Å². The maximum Gasteiger partial charge on any atom is 0.236 e. The minimum Gasteiger partial charge on any atom is -0.324 e. The lowest BCUT2D eigenvalue weighted by atomic mass is 10.1. The maximum atomic E-state index is 12.4. The van der Waals surface area contributed by atoms with Crippen LogP contribution in [0.25, 0.3) is 0 Å². The summed E-state index contributed by atoms with van der Waals surface area (Å²) in [6.07, 6.45) is 0.905. The van der Waals surface area contributed by atoms with Gasteiger partial charge in [0.1, 0.15) is 5.37 Å². The van der Waals surface area contributed by atoms with Crippen LogP contribution in [0.15, 0.2) is 24.3 Å². The molecule has 2 atom stereocenters.